The predicted octanol–water partition coefficient (Wildman–Crippen LogP) is 3.67. The van der Waals surface area contributed by atoms with Crippen LogP contribution in [0.2, 0.25) is 0 Å². The molecule has 2 heterocycles. The first-order chi connectivity index (χ1) is 11.2. The number of unbranched alkanes of at least 4 members (excludes halogenated alkanes) is 2. The summed E-state index contributed by atoms with van der Waals surface area (Å²) in [7, 11) is 0. The third kappa shape index (κ3) is 2.76. The van der Waals surface area contributed by atoms with Gasteiger partial charge in [0.1, 0.15) is 0 Å². The number of carbonyl (C=O) groups excluding carboxylic acids is 1. The molecule has 2 unspecified atom stereocenters. The molecule has 3 N–H and O–H groups in total. The molecule has 0 saturated heterocycles. The number of Topliss-reactive ketones (excluding diaryl/α,β-unsaturated/α-hetero) is 1. The molecule has 1 aliphatic carbocycles. The van der Waals surface area contributed by atoms with Crippen LogP contribution in [-0.2, 0) is 6.42 Å². The molecule has 0 amide bonds. The molecule has 0 radical (unpaired) electrons. The van der Waals surface area contributed by atoms with Crippen LogP contribution in [0, 0.1) is 11.8 Å². The van der Waals surface area contributed by atoms with Crippen molar-refractivity contribution in [2.24, 2.45) is 11.8 Å². The summed E-state index contributed by atoms with van der Waals surface area (Å²) in [6.45, 7) is 6.02. The summed E-state index contributed by atoms with van der Waals surface area (Å²) in [5, 5.41) is 7.59. The molecule has 122 valence electrons. The number of anilines is 1. The van der Waals surface area contributed by atoms with E-state index in [1.165, 1.54) is 12.8 Å². The van der Waals surface area contributed by atoms with Gasteiger partial charge in [-0.1, -0.05) is 32.3 Å². The van der Waals surface area contributed by atoms with E-state index >= 15 is 0 Å². The maximum atomic E-state index is 13.0. The minimum atomic E-state index is -0.0229. The Morgan fingerprint density at radius 1 is 1.48 bits per heavy atom. The number of pyridine rings is 1. The first-order valence-electron chi connectivity index (χ1n) is 8.43. The number of hydrogen-bond donors (Lipinski definition) is 2. The lowest BCUT2D eigenvalue weighted by Gasteiger charge is -2.31. The van der Waals surface area contributed by atoms with Gasteiger partial charge in [0.2, 0.25) is 0 Å². The largest absolute Gasteiger partial charge is 0.397 e. The normalized spacial score (nSPS) is 20.7. The van der Waals surface area contributed by atoms with E-state index < -0.39 is 0 Å². The van der Waals surface area contributed by atoms with Crippen molar-refractivity contribution in [3.63, 3.8) is 0 Å². The van der Waals surface area contributed by atoms with Gasteiger partial charge in [-0.2, -0.15) is 5.10 Å². The van der Waals surface area contributed by atoms with E-state index in [-0.39, 0.29) is 11.7 Å². The van der Waals surface area contributed by atoms with Crippen molar-refractivity contribution in [3.05, 3.63) is 30.1 Å². The number of hydrogen-bond acceptors (Lipinski definition) is 4. The van der Waals surface area contributed by atoms with Gasteiger partial charge < -0.3 is 5.73 Å². The lowest BCUT2D eigenvalue weighted by molar-refractivity contribution is 0.0845. The Labute approximate surface area is 136 Å². The second-order valence-corrected chi connectivity index (χ2v) is 6.43. The maximum Gasteiger partial charge on any atom is 0.170 e. The Kier molecular flexibility index (Phi) is 4.46. The highest BCUT2D eigenvalue weighted by molar-refractivity contribution is 6.09. The number of carbonyl (C=O) groups is 1. The summed E-state index contributed by atoms with van der Waals surface area (Å²) in [5.74, 6) is 0.429. The SMILES string of the molecule is C=CCC1C(=O)c2c(nc3[nH]ncc3c2N)CC1CCCCC. The fraction of sp³-hybridized carbons (Fsp3) is 0.500. The molecule has 2 atom stereocenters. The van der Waals surface area contributed by atoms with Gasteiger partial charge in [-0.25, -0.2) is 4.98 Å². The molecule has 0 bridgehead atoms. The molecule has 0 fully saturated rings. The molecule has 0 saturated carbocycles. The zero-order valence-electron chi connectivity index (χ0n) is 13.6. The lowest BCUT2D eigenvalue weighted by atomic mass is 9.72. The summed E-state index contributed by atoms with van der Waals surface area (Å²) >= 11 is 0. The molecule has 2 aromatic rings. The number of nitrogens with zero attached hydrogens (tertiary/aromatic N) is 2. The number of nitrogens with one attached hydrogen (secondary N) is 1. The highest BCUT2D eigenvalue weighted by Gasteiger charge is 2.37. The van der Waals surface area contributed by atoms with Gasteiger partial charge in [-0.05, 0) is 25.2 Å². The van der Waals surface area contributed by atoms with Crippen molar-refractivity contribution < 1.29 is 4.79 Å². The van der Waals surface area contributed by atoms with Gasteiger partial charge in [0.15, 0.2) is 11.4 Å². The van der Waals surface area contributed by atoms with Crippen molar-refractivity contribution in [1.82, 2.24) is 15.2 Å². The van der Waals surface area contributed by atoms with Crippen LogP contribution in [0.1, 0.15) is 55.1 Å². The van der Waals surface area contributed by atoms with E-state index in [1.807, 2.05) is 6.08 Å². The number of H-pyrrole nitrogens is 1. The van der Waals surface area contributed by atoms with Gasteiger partial charge in [-0.3, -0.25) is 9.89 Å². The summed E-state index contributed by atoms with van der Waals surface area (Å²) < 4.78 is 0. The maximum absolute atomic E-state index is 13.0. The Morgan fingerprint density at radius 3 is 3.04 bits per heavy atom. The van der Waals surface area contributed by atoms with Crippen molar-refractivity contribution in [1.29, 1.82) is 0 Å². The van der Waals surface area contributed by atoms with Crippen LogP contribution in [-0.4, -0.2) is 21.0 Å². The standard InChI is InChI=1S/C18H24N4O/c1-3-5-6-8-11-9-14-15(17(23)12(11)7-4-2)16(19)13-10-20-22-18(13)21-14/h4,10-12H,2-3,5-9H2,1H3,(H3,19,20,21,22). The lowest BCUT2D eigenvalue weighted by Crippen LogP contribution is -2.33. The van der Waals surface area contributed by atoms with E-state index in [1.54, 1.807) is 6.20 Å². The zero-order valence-corrected chi connectivity index (χ0v) is 13.6. The summed E-state index contributed by atoms with van der Waals surface area (Å²) in [5.41, 5.74) is 8.88. The van der Waals surface area contributed by atoms with E-state index in [9.17, 15) is 4.79 Å². The van der Waals surface area contributed by atoms with Crippen LogP contribution < -0.4 is 5.73 Å². The molecular formula is C18H24N4O. The molecule has 2 aromatic heterocycles. The fourth-order valence-electron chi connectivity index (χ4n) is 3.69. The number of allylic oxidation sites excluding steroid dienone is 1. The monoisotopic (exact) mass is 312 g/mol. The first kappa shape index (κ1) is 15.7. The fourth-order valence-corrected chi connectivity index (χ4v) is 3.69. The number of aromatic nitrogens is 3. The molecule has 3 rings (SSSR count). The van der Waals surface area contributed by atoms with Gasteiger partial charge in [0.05, 0.1) is 28.5 Å². The number of nitrogen functional groups attached to an aromatic ring is 1. The predicted molar refractivity (Wildman–Crippen MR) is 92.3 cm³/mol. The molecule has 5 nitrogen and oxygen atoms in total. The van der Waals surface area contributed by atoms with E-state index in [2.05, 4.69) is 28.7 Å². The highest BCUT2D eigenvalue weighted by atomic mass is 16.1. The first-order valence-corrected chi connectivity index (χ1v) is 8.43. The van der Waals surface area contributed by atoms with Gasteiger partial charge in [0.25, 0.3) is 0 Å². The third-order valence-corrected chi connectivity index (χ3v) is 4.92. The van der Waals surface area contributed by atoms with Crippen molar-refractivity contribution in [2.45, 2.75) is 45.4 Å². The molecule has 0 aliphatic heterocycles. The number of nitrogens with two attached hydrogens (primary N) is 1. The van der Waals surface area contributed by atoms with Crippen LogP contribution in [0.5, 0.6) is 0 Å². The van der Waals surface area contributed by atoms with Gasteiger partial charge in [0, 0.05) is 5.92 Å². The van der Waals surface area contributed by atoms with Crippen molar-refractivity contribution in [2.75, 3.05) is 5.73 Å². The minimum absolute atomic E-state index is 0.0229. The quantitative estimate of drug-likeness (QED) is 0.629. The van der Waals surface area contributed by atoms with Crippen molar-refractivity contribution in [3.8, 4) is 0 Å². The van der Waals surface area contributed by atoms with Crippen molar-refractivity contribution >= 4 is 22.5 Å². The van der Waals surface area contributed by atoms with E-state index in [4.69, 9.17) is 5.73 Å². The van der Waals surface area contributed by atoms with Crippen LogP contribution in [0.4, 0.5) is 5.69 Å². The summed E-state index contributed by atoms with van der Waals surface area (Å²) in [6.07, 6.45) is 9.60. The van der Waals surface area contributed by atoms with Gasteiger partial charge in [-0.15, -0.1) is 6.58 Å². The molecule has 1 aliphatic rings. The highest BCUT2D eigenvalue weighted by Crippen LogP contribution is 2.38. The molecule has 23 heavy (non-hydrogen) atoms. The number of ketones is 1. The summed E-state index contributed by atoms with van der Waals surface area (Å²) in [6, 6.07) is 0. The smallest absolute Gasteiger partial charge is 0.170 e. The zero-order chi connectivity index (χ0) is 16.4. The van der Waals surface area contributed by atoms with E-state index in [0.717, 1.165) is 30.3 Å². The number of fused-ring (bicyclic) bond motifs is 2. The number of aromatic amines is 1. The van der Waals surface area contributed by atoms with Crippen LogP contribution in [0.15, 0.2) is 18.9 Å². The Morgan fingerprint density at radius 2 is 2.30 bits per heavy atom. The number of rotatable bonds is 6. The molecule has 0 aromatic carbocycles. The Hall–Kier alpha value is -2.17. The second-order valence-electron chi connectivity index (χ2n) is 6.43. The summed E-state index contributed by atoms with van der Waals surface area (Å²) in [4.78, 5) is 17.7. The van der Waals surface area contributed by atoms with Crippen LogP contribution in [0.25, 0.3) is 11.0 Å². The third-order valence-electron chi connectivity index (χ3n) is 4.92. The topological polar surface area (TPSA) is 84.7 Å². The molecular weight excluding hydrogens is 288 g/mol. The van der Waals surface area contributed by atoms with Crippen LogP contribution in [0.3, 0.4) is 0 Å². The van der Waals surface area contributed by atoms with Gasteiger partial charge >= 0.3 is 0 Å². The van der Waals surface area contributed by atoms with Crippen LogP contribution >= 0.6 is 0 Å². The molecule has 0 spiro atoms. The average Bonchev–Trinajstić information content (AvgIpc) is 2.99. The molecule has 5 heteroatoms. The average molecular weight is 312 g/mol. The minimum Gasteiger partial charge on any atom is -0.397 e. The van der Waals surface area contributed by atoms with E-state index in [0.29, 0.717) is 29.2 Å². The second kappa shape index (κ2) is 6.52. The Bertz CT molecular complexity index is 734. The Balaban J connectivity index is 2.00.